The van der Waals surface area contributed by atoms with Crippen LogP contribution in [0.4, 0.5) is 0 Å². The van der Waals surface area contributed by atoms with Crippen molar-refractivity contribution in [2.75, 3.05) is 7.05 Å². The van der Waals surface area contributed by atoms with Crippen LogP contribution in [0.5, 0.6) is 0 Å². The van der Waals surface area contributed by atoms with Gasteiger partial charge in [0.05, 0.1) is 8.67 Å². The van der Waals surface area contributed by atoms with Gasteiger partial charge in [-0.3, -0.25) is 0 Å². The van der Waals surface area contributed by atoms with E-state index >= 15 is 0 Å². The molecule has 0 bridgehead atoms. The standard InChI is InChI=1S/C14H21Cl2NS/c1-3-9-6-4-5-7-10(9)13(17-2)11-8-12(15)18-14(11)16/h8-10,13,17H,3-7H2,1-2H3. The molecule has 0 aliphatic heterocycles. The smallest absolute Gasteiger partial charge is 0.0992 e. The Morgan fingerprint density at radius 1 is 1.39 bits per heavy atom. The molecule has 2 rings (SSSR count). The van der Waals surface area contributed by atoms with E-state index in [9.17, 15) is 0 Å². The highest BCUT2D eigenvalue weighted by molar-refractivity contribution is 7.20. The van der Waals surface area contributed by atoms with E-state index in [0.717, 1.165) is 14.6 Å². The van der Waals surface area contributed by atoms with Crippen molar-refractivity contribution in [1.82, 2.24) is 5.32 Å². The van der Waals surface area contributed by atoms with Crippen LogP contribution in [0.2, 0.25) is 8.67 Å². The van der Waals surface area contributed by atoms with E-state index in [1.165, 1.54) is 49.0 Å². The molecule has 3 unspecified atom stereocenters. The van der Waals surface area contributed by atoms with Gasteiger partial charge in [-0.1, -0.05) is 55.8 Å². The zero-order chi connectivity index (χ0) is 13.1. The molecule has 0 amide bonds. The summed E-state index contributed by atoms with van der Waals surface area (Å²) in [7, 11) is 2.04. The van der Waals surface area contributed by atoms with Crippen molar-refractivity contribution in [3.05, 3.63) is 20.3 Å². The molecule has 1 aliphatic rings. The van der Waals surface area contributed by atoms with Gasteiger partial charge in [-0.25, -0.2) is 0 Å². The minimum atomic E-state index is 0.353. The molecule has 1 aliphatic carbocycles. The van der Waals surface area contributed by atoms with Crippen molar-refractivity contribution in [2.45, 2.75) is 45.1 Å². The molecule has 4 heteroatoms. The number of nitrogens with one attached hydrogen (secondary N) is 1. The lowest BCUT2D eigenvalue weighted by molar-refractivity contribution is 0.181. The lowest BCUT2D eigenvalue weighted by atomic mass is 9.73. The zero-order valence-corrected chi connectivity index (χ0v) is 13.3. The largest absolute Gasteiger partial charge is 0.313 e. The van der Waals surface area contributed by atoms with Gasteiger partial charge in [0.2, 0.25) is 0 Å². The van der Waals surface area contributed by atoms with Crippen LogP contribution in [0.15, 0.2) is 6.07 Å². The van der Waals surface area contributed by atoms with Gasteiger partial charge in [0.15, 0.2) is 0 Å². The highest BCUT2D eigenvalue weighted by Gasteiger charge is 2.32. The predicted octanol–water partition coefficient (Wildman–Crippen LogP) is 5.53. The monoisotopic (exact) mass is 305 g/mol. The highest BCUT2D eigenvalue weighted by Crippen LogP contribution is 2.44. The van der Waals surface area contributed by atoms with Gasteiger partial charge < -0.3 is 5.32 Å². The van der Waals surface area contributed by atoms with E-state index in [1.54, 1.807) is 0 Å². The fourth-order valence-electron chi connectivity index (χ4n) is 3.35. The molecule has 1 heterocycles. The van der Waals surface area contributed by atoms with Crippen molar-refractivity contribution < 1.29 is 0 Å². The molecular formula is C14H21Cl2NS. The Morgan fingerprint density at radius 2 is 2.11 bits per heavy atom. The molecule has 3 atom stereocenters. The highest BCUT2D eigenvalue weighted by atomic mass is 35.5. The lowest BCUT2D eigenvalue weighted by Crippen LogP contribution is -2.32. The number of hydrogen-bond acceptors (Lipinski definition) is 2. The molecule has 18 heavy (non-hydrogen) atoms. The Kier molecular flexibility index (Phi) is 5.37. The quantitative estimate of drug-likeness (QED) is 0.771. The molecular weight excluding hydrogens is 285 g/mol. The summed E-state index contributed by atoms with van der Waals surface area (Å²) >= 11 is 13.9. The molecule has 1 nitrogen and oxygen atoms in total. The second-order valence-electron chi connectivity index (χ2n) is 5.16. The van der Waals surface area contributed by atoms with E-state index in [0.29, 0.717) is 12.0 Å². The molecule has 0 spiro atoms. The zero-order valence-electron chi connectivity index (χ0n) is 11.0. The van der Waals surface area contributed by atoms with Crippen LogP contribution in [-0.4, -0.2) is 7.05 Å². The van der Waals surface area contributed by atoms with E-state index in [2.05, 4.69) is 12.2 Å². The number of rotatable bonds is 4. The second-order valence-corrected chi connectivity index (χ2v) is 7.45. The van der Waals surface area contributed by atoms with Gasteiger partial charge >= 0.3 is 0 Å². The first-order chi connectivity index (χ1) is 8.67. The minimum absolute atomic E-state index is 0.353. The SMILES string of the molecule is CCC1CCCCC1C(NC)c1cc(Cl)sc1Cl. The maximum absolute atomic E-state index is 6.32. The average molecular weight is 306 g/mol. The van der Waals surface area contributed by atoms with Crippen molar-refractivity contribution in [3.63, 3.8) is 0 Å². The molecule has 1 saturated carbocycles. The molecule has 0 radical (unpaired) electrons. The Morgan fingerprint density at radius 3 is 2.67 bits per heavy atom. The number of halogens is 2. The first kappa shape index (κ1) is 14.6. The van der Waals surface area contributed by atoms with Gasteiger partial charge in [0.1, 0.15) is 0 Å². The van der Waals surface area contributed by atoms with Crippen molar-refractivity contribution in [1.29, 1.82) is 0 Å². The van der Waals surface area contributed by atoms with Crippen LogP contribution < -0.4 is 5.32 Å². The average Bonchev–Trinajstić information content (AvgIpc) is 2.70. The first-order valence-corrected chi connectivity index (χ1v) is 8.36. The van der Waals surface area contributed by atoms with Crippen LogP contribution in [0.3, 0.4) is 0 Å². The normalized spacial score (nSPS) is 26.2. The molecule has 0 aromatic carbocycles. The Balaban J connectivity index is 2.24. The predicted molar refractivity (Wildman–Crippen MR) is 81.9 cm³/mol. The summed E-state index contributed by atoms with van der Waals surface area (Å²) in [6, 6.07) is 2.39. The topological polar surface area (TPSA) is 12.0 Å². The van der Waals surface area contributed by atoms with Crippen molar-refractivity contribution in [3.8, 4) is 0 Å². The van der Waals surface area contributed by atoms with Crippen LogP contribution >= 0.6 is 34.5 Å². The summed E-state index contributed by atoms with van der Waals surface area (Å²) in [6.45, 7) is 2.30. The third-order valence-electron chi connectivity index (χ3n) is 4.25. The summed E-state index contributed by atoms with van der Waals surface area (Å²) in [5, 5.41) is 3.47. The summed E-state index contributed by atoms with van der Waals surface area (Å²) < 4.78 is 1.64. The third-order valence-corrected chi connectivity index (χ3v) is 5.77. The fraction of sp³-hybridized carbons (Fsp3) is 0.714. The maximum Gasteiger partial charge on any atom is 0.0992 e. The van der Waals surface area contributed by atoms with Crippen LogP contribution in [0.25, 0.3) is 0 Å². The van der Waals surface area contributed by atoms with E-state index in [1.807, 2.05) is 13.1 Å². The van der Waals surface area contributed by atoms with Crippen molar-refractivity contribution >= 4 is 34.5 Å². The van der Waals surface area contributed by atoms with Crippen molar-refractivity contribution in [2.24, 2.45) is 11.8 Å². The van der Waals surface area contributed by atoms with Gasteiger partial charge in [0, 0.05) is 11.6 Å². The van der Waals surface area contributed by atoms with Gasteiger partial charge in [-0.15, -0.1) is 11.3 Å². The summed E-state index contributed by atoms with van der Waals surface area (Å²) in [6.07, 6.45) is 6.64. The maximum atomic E-state index is 6.32. The minimum Gasteiger partial charge on any atom is -0.313 e. The summed E-state index contributed by atoms with van der Waals surface area (Å²) in [5.41, 5.74) is 1.19. The van der Waals surface area contributed by atoms with E-state index < -0.39 is 0 Å². The fourth-order valence-corrected chi connectivity index (χ4v) is 4.90. The van der Waals surface area contributed by atoms with Gasteiger partial charge in [0.25, 0.3) is 0 Å². The van der Waals surface area contributed by atoms with Crippen LogP contribution in [-0.2, 0) is 0 Å². The Hall–Kier alpha value is 0.240. The number of thiophene rings is 1. The third kappa shape index (κ3) is 3.04. The van der Waals surface area contributed by atoms with E-state index in [4.69, 9.17) is 23.2 Å². The molecule has 1 aromatic heterocycles. The van der Waals surface area contributed by atoms with Gasteiger partial charge in [-0.05, 0) is 31.4 Å². The number of hydrogen-bond donors (Lipinski definition) is 1. The molecule has 0 saturated heterocycles. The molecule has 1 aromatic rings. The molecule has 1 fully saturated rings. The second kappa shape index (κ2) is 6.60. The Labute approximate surface area is 124 Å². The van der Waals surface area contributed by atoms with Crippen LogP contribution in [0, 0.1) is 11.8 Å². The van der Waals surface area contributed by atoms with E-state index in [-0.39, 0.29) is 0 Å². The summed E-state index contributed by atoms with van der Waals surface area (Å²) in [5.74, 6) is 1.50. The lowest BCUT2D eigenvalue weighted by Gasteiger charge is -2.36. The Bertz CT molecular complexity index is 391. The first-order valence-electron chi connectivity index (χ1n) is 6.79. The molecule has 1 N–H and O–H groups in total. The molecule has 102 valence electrons. The van der Waals surface area contributed by atoms with Crippen LogP contribution in [0.1, 0.15) is 50.6 Å². The van der Waals surface area contributed by atoms with Gasteiger partial charge in [-0.2, -0.15) is 0 Å². The summed E-state index contributed by atoms with van der Waals surface area (Å²) in [4.78, 5) is 0.